The summed E-state index contributed by atoms with van der Waals surface area (Å²) in [6.07, 6.45) is 0.954. The molecule has 0 fully saturated rings. The van der Waals surface area contributed by atoms with Crippen LogP contribution in [0.4, 0.5) is 0 Å². The van der Waals surface area contributed by atoms with Gasteiger partial charge in [0.15, 0.2) is 0 Å². The van der Waals surface area contributed by atoms with E-state index >= 15 is 0 Å². The fourth-order valence-electron chi connectivity index (χ4n) is 1.32. The lowest BCUT2D eigenvalue weighted by molar-refractivity contribution is 0.159. The highest BCUT2D eigenvalue weighted by molar-refractivity contribution is 5.80. The Morgan fingerprint density at radius 3 is 2.20 bits per heavy atom. The van der Waals surface area contributed by atoms with Gasteiger partial charge in [0.2, 0.25) is 0 Å². The smallest absolute Gasteiger partial charge is 0.0984 e. The largest absolute Gasteiger partial charge is 0.385 e. The first-order valence-corrected chi connectivity index (χ1v) is 5.44. The predicted octanol–water partition coefficient (Wildman–Crippen LogP) is 1.60. The lowest BCUT2D eigenvalue weighted by atomic mass is 10.1. The minimum Gasteiger partial charge on any atom is -0.385 e. The van der Waals surface area contributed by atoms with E-state index in [4.69, 9.17) is 14.9 Å². The molecule has 0 aliphatic carbocycles. The van der Waals surface area contributed by atoms with Crippen molar-refractivity contribution in [3.8, 4) is 0 Å². The van der Waals surface area contributed by atoms with Crippen LogP contribution in [0.2, 0.25) is 0 Å². The number of rotatable bonds is 8. The summed E-state index contributed by atoms with van der Waals surface area (Å²) in [4.78, 5) is 2.06. The quantitative estimate of drug-likeness (QED) is 0.381. The zero-order valence-corrected chi connectivity index (χ0v) is 10.4. The summed E-state index contributed by atoms with van der Waals surface area (Å²) in [5.41, 5.74) is 0. The van der Waals surface area contributed by atoms with Gasteiger partial charge in [-0.05, 0) is 6.42 Å². The third-order valence-electron chi connectivity index (χ3n) is 2.23. The molecule has 0 spiro atoms. The van der Waals surface area contributed by atoms with Crippen molar-refractivity contribution in [3.63, 3.8) is 0 Å². The van der Waals surface area contributed by atoms with Gasteiger partial charge in [-0.25, -0.2) is 0 Å². The number of nitrogens with zero attached hydrogens (tertiary/aromatic N) is 1. The standard InChI is InChI=1S/C11H24N2O2/c1-10(2)11(12)13(7-9-15-4)6-5-8-14-3/h10,12H,5-9H2,1-4H3. The molecule has 15 heavy (non-hydrogen) atoms. The van der Waals surface area contributed by atoms with E-state index in [1.54, 1.807) is 14.2 Å². The van der Waals surface area contributed by atoms with Crippen molar-refractivity contribution >= 4 is 5.84 Å². The van der Waals surface area contributed by atoms with Gasteiger partial charge in [-0.3, -0.25) is 5.41 Å². The molecule has 0 radical (unpaired) electrons. The molecule has 0 bridgehead atoms. The third-order valence-corrected chi connectivity index (χ3v) is 2.23. The fourth-order valence-corrected chi connectivity index (χ4v) is 1.32. The SMILES string of the molecule is COCCCN(CCOC)C(=N)C(C)C. The number of nitrogens with one attached hydrogen (secondary N) is 1. The van der Waals surface area contributed by atoms with E-state index in [2.05, 4.69) is 4.90 Å². The molecule has 0 aromatic carbocycles. The molecule has 0 atom stereocenters. The van der Waals surface area contributed by atoms with Crippen LogP contribution in [-0.2, 0) is 9.47 Å². The fraction of sp³-hybridized carbons (Fsp3) is 0.909. The van der Waals surface area contributed by atoms with Crippen molar-refractivity contribution in [3.05, 3.63) is 0 Å². The Morgan fingerprint density at radius 2 is 1.73 bits per heavy atom. The summed E-state index contributed by atoms with van der Waals surface area (Å²) in [5, 5.41) is 7.94. The van der Waals surface area contributed by atoms with Crippen molar-refractivity contribution in [1.82, 2.24) is 4.90 Å². The summed E-state index contributed by atoms with van der Waals surface area (Å²) in [6, 6.07) is 0. The molecule has 0 saturated heterocycles. The maximum atomic E-state index is 7.94. The monoisotopic (exact) mass is 216 g/mol. The first-order chi connectivity index (χ1) is 7.13. The van der Waals surface area contributed by atoms with E-state index in [9.17, 15) is 0 Å². The molecule has 0 aliphatic rings. The Hall–Kier alpha value is -0.610. The number of hydrogen-bond donors (Lipinski definition) is 1. The van der Waals surface area contributed by atoms with Crippen LogP contribution in [0.25, 0.3) is 0 Å². The zero-order valence-electron chi connectivity index (χ0n) is 10.4. The van der Waals surface area contributed by atoms with Crippen LogP contribution in [0.3, 0.4) is 0 Å². The molecule has 0 amide bonds. The highest BCUT2D eigenvalue weighted by atomic mass is 16.5. The average molecular weight is 216 g/mol. The minimum absolute atomic E-state index is 0.268. The second-order valence-corrected chi connectivity index (χ2v) is 3.87. The third kappa shape index (κ3) is 6.47. The number of amidine groups is 1. The van der Waals surface area contributed by atoms with E-state index in [0.29, 0.717) is 12.4 Å². The summed E-state index contributed by atoms with van der Waals surface area (Å²) in [7, 11) is 3.39. The van der Waals surface area contributed by atoms with Crippen molar-refractivity contribution < 1.29 is 9.47 Å². The lowest BCUT2D eigenvalue weighted by Gasteiger charge is -2.26. The summed E-state index contributed by atoms with van der Waals surface area (Å²) in [6.45, 7) is 7.15. The normalized spacial score (nSPS) is 10.7. The van der Waals surface area contributed by atoms with E-state index in [0.717, 1.165) is 26.1 Å². The van der Waals surface area contributed by atoms with Crippen molar-refractivity contribution in [2.75, 3.05) is 40.5 Å². The van der Waals surface area contributed by atoms with Gasteiger partial charge in [-0.15, -0.1) is 0 Å². The van der Waals surface area contributed by atoms with Crippen LogP contribution in [0.5, 0.6) is 0 Å². The average Bonchev–Trinajstić information content (AvgIpc) is 2.22. The lowest BCUT2D eigenvalue weighted by Crippen LogP contribution is -2.37. The van der Waals surface area contributed by atoms with Crippen LogP contribution < -0.4 is 0 Å². The maximum Gasteiger partial charge on any atom is 0.0984 e. The van der Waals surface area contributed by atoms with Crippen molar-refractivity contribution in [1.29, 1.82) is 5.41 Å². The molecule has 4 nitrogen and oxygen atoms in total. The molecule has 0 aliphatic heterocycles. The van der Waals surface area contributed by atoms with Crippen LogP contribution in [0, 0.1) is 11.3 Å². The van der Waals surface area contributed by atoms with Gasteiger partial charge < -0.3 is 14.4 Å². The maximum absolute atomic E-state index is 7.94. The van der Waals surface area contributed by atoms with Crippen LogP contribution in [0.1, 0.15) is 20.3 Å². The van der Waals surface area contributed by atoms with Crippen molar-refractivity contribution in [2.24, 2.45) is 5.92 Å². The van der Waals surface area contributed by atoms with Crippen molar-refractivity contribution in [2.45, 2.75) is 20.3 Å². The summed E-state index contributed by atoms with van der Waals surface area (Å²) < 4.78 is 10.0. The predicted molar refractivity (Wildman–Crippen MR) is 62.5 cm³/mol. The molecule has 0 saturated carbocycles. The van der Waals surface area contributed by atoms with E-state index in [-0.39, 0.29) is 5.92 Å². The van der Waals surface area contributed by atoms with E-state index in [1.165, 1.54) is 0 Å². The Balaban J connectivity index is 3.99. The molecule has 1 N–H and O–H groups in total. The van der Waals surface area contributed by atoms with Gasteiger partial charge in [-0.2, -0.15) is 0 Å². The number of ether oxygens (including phenoxy) is 2. The Kier molecular flexibility index (Phi) is 8.33. The molecule has 0 rings (SSSR count). The van der Waals surface area contributed by atoms with Gasteiger partial charge >= 0.3 is 0 Å². The molecule has 0 heterocycles. The highest BCUT2D eigenvalue weighted by Gasteiger charge is 2.12. The highest BCUT2D eigenvalue weighted by Crippen LogP contribution is 2.03. The minimum atomic E-state index is 0.268. The van der Waals surface area contributed by atoms with Gasteiger partial charge in [0.1, 0.15) is 0 Å². The molecule has 0 aromatic heterocycles. The molecule has 90 valence electrons. The van der Waals surface area contributed by atoms with Gasteiger partial charge in [0, 0.05) is 39.8 Å². The molecule has 0 aromatic rings. The van der Waals surface area contributed by atoms with E-state index in [1.807, 2.05) is 13.8 Å². The van der Waals surface area contributed by atoms with Gasteiger partial charge in [0.05, 0.1) is 12.4 Å². The summed E-state index contributed by atoms with van der Waals surface area (Å²) in [5.74, 6) is 0.951. The topological polar surface area (TPSA) is 45.6 Å². The molecule has 0 unspecified atom stereocenters. The van der Waals surface area contributed by atoms with Gasteiger partial charge in [-0.1, -0.05) is 13.8 Å². The first kappa shape index (κ1) is 14.4. The van der Waals surface area contributed by atoms with E-state index < -0.39 is 0 Å². The second-order valence-electron chi connectivity index (χ2n) is 3.87. The molecular formula is C11H24N2O2. The van der Waals surface area contributed by atoms with Crippen LogP contribution in [0.15, 0.2) is 0 Å². The Bertz CT molecular complexity index is 172. The molecule has 4 heteroatoms. The summed E-state index contributed by atoms with van der Waals surface area (Å²) >= 11 is 0. The van der Waals surface area contributed by atoms with Gasteiger partial charge in [0.25, 0.3) is 0 Å². The molecular weight excluding hydrogens is 192 g/mol. The Labute approximate surface area is 93.1 Å². The first-order valence-electron chi connectivity index (χ1n) is 5.44. The van der Waals surface area contributed by atoms with Crippen LogP contribution >= 0.6 is 0 Å². The van der Waals surface area contributed by atoms with Crippen LogP contribution in [-0.4, -0.2) is 51.3 Å². The second kappa shape index (κ2) is 8.68. The zero-order chi connectivity index (χ0) is 11.7. The number of methoxy groups -OCH3 is 2. The Morgan fingerprint density at radius 1 is 1.13 bits per heavy atom. The number of hydrogen-bond acceptors (Lipinski definition) is 3.